The lowest BCUT2D eigenvalue weighted by molar-refractivity contribution is -0.122. The highest BCUT2D eigenvalue weighted by molar-refractivity contribution is 6.30. The Morgan fingerprint density at radius 1 is 1.10 bits per heavy atom. The molecule has 8 heteroatoms. The smallest absolute Gasteiger partial charge is 0.329 e. The first-order valence-electron chi connectivity index (χ1n) is 10.2. The number of rotatable bonds is 7. The van der Waals surface area contributed by atoms with Crippen molar-refractivity contribution in [1.29, 1.82) is 0 Å². The van der Waals surface area contributed by atoms with Crippen LogP contribution < -0.4 is 11.0 Å². The van der Waals surface area contributed by atoms with E-state index in [1.54, 1.807) is 22.9 Å². The lowest BCUT2D eigenvalue weighted by Crippen LogP contribution is -2.36. The monoisotopic (exact) mass is 437 g/mol. The van der Waals surface area contributed by atoms with Gasteiger partial charge in [0.05, 0.1) is 11.0 Å². The summed E-state index contributed by atoms with van der Waals surface area (Å²) in [5.41, 5.74) is 2.25. The van der Waals surface area contributed by atoms with E-state index in [0.717, 1.165) is 23.0 Å². The largest absolute Gasteiger partial charge is 0.341 e. The lowest BCUT2D eigenvalue weighted by Gasteiger charge is -2.19. The van der Waals surface area contributed by atoms with E-state index < -0.39 is 6.04 Å². The van der Waals surface area contributed by atoms with Crippen LogP contribution in [-0.2, 0) is 24.9 Å². The molecule has 4 aromatic rings. The predicted molar refractivity (Wildman–Crippen MR) is 121 cm³/mol. The number of hydrogen-bond acceptors (Lipinski definition) is 3. The van der Waals surface area contributed by atoms with Crippen molar-refractivity contribution >= 4 is 28.5 Å². The number of carbonyl (C=O) groups excluding carboxylic acids is 1. The Bertz CT molecular complexity index is 1270. The van der Waals surface area contributed by atoms with Crippen molar-refractivity contribution in [2.75, 3.05) is 0 Å². The summed E-state index contributed by atoms with van der Waals surface area (Å²) in [5.74, 6) is 0.417. The second-order valence-corrected chi connectivity index (χ2v) is 7.89. The Morgan fingerprint density at radius 2 is 1.77 bits per heavy atom. The number of carbonyl (C=O) groups is 1. The molecular formula is C23H24ClN5O2. The molecule has 7 nitrogen and oxygen atoms in total. The Morgan fingerprint density at radius 3 is 2.39 bits per heavy atom. The third-order valence-electron chi connectivity index (χ3n) is 5.30. The molecule has 1 N–H and O–H groups in total. The Hall–Kier alpha value is -3.32. The molecule has 1 atom stereocenters. The van der Waals surface area contributed by atoms with Crippen LogP contribution in [0.3, 0.4) is 0 Å². The van der Waals surface area contributed by atoms with Gasteiger partial charge in [0.2, 0.25) is 5.91 Å². The van der Waals surface area contributed by atoms with Crippen LogP contribution in [-0.4, -0.2) is 24.6 Å². The van der Waals surface area contributed by atoms with Crippen molar-refractivity contribution in [3.63, 3.8) is 0 Å². The zero-order valence-electron chi connectivity index (χ0n) is 17.5. The summed E-state index contributed by atoms with van der Waals surface area (Å²) >= 11 is 6.04. The van der Waals surface area contributed by atoms with Crippen molar-refractivity contribution in [2.24, 2.45) is 7.05 Å². The fourth-order valence-corrected chi connectivity index (χ4v) is 3.95. The molecule has 160 valence electrons. The number of aryl methyl sites for hydroxylation is 2. The number of aromatic nitrogens is 4. The zero-order valence-corrected chi connectivity index (χ0v) is 18.2. The van der Waals surface area contributed by atoms with Gasteiger partial charge >= 0.3 is 5.69 Å². The van der Waals surface area contributed by atoms with E-state index in [2.05, 4.69) is 10.3 Å². The standard InChI is InChI=1S/C23H24ClN5O2/c1-3-13-28-18-6-4-5-7-19(18)29(23(28)31)15-20(30)26-21(22-25-12-14-27(22)2)16-8-10-17(24)11-9-16/h4-12,14,21H,3,13,15H2,1-2H3,(H,26,30)/t21-/m0/s1. The number of para-hydroxylation sites is 2. The molecule has 0 saturated carbocycles. The van der Waals surface area contributed by atoms with Crippen LogP contribution in [0.2, 0.25) is 5.02 Å². The number of nitrogens with one attached hydrogen (secondary N) is 1. The van der Waals surface area contributed by atoms with E-state index in [0.29, 0.717) is 17.4 Å². The van der Waals surface area contributed by atoms with Gasteiger partial charge in [-0.25, -0.2) is 9.78 Å². The van der Waals surface area contributed by atoms with Crippen LogP contribution >= 0.6 is 11.6 Å². The Kier molecular flexibility index (Phi) is 5.95. The van der Waals surface area contributed by atoms with Gasteiger partial charge in [-0.1, -0.05) is 42.8 Å². The third-order valence-corrected chi connectivity index (χ3v) is 5.55. The molecule has 2 aromatic carbocycles. The SMILES string of the molecule is CCCn1c(=O)n(CC(=O)N[C@@H](c2ccc(Cl)cc2)c2nccn2C)c2ccccc21. The first-order chi connectivity index (χ1) is 15.0. The average molecular weight is 438 g/mol. The topological polar surface area (TPSA) is 73.8 Å². The van der Waals surface area contributed by atoms with Crippen molar-refractivity contribution in [1.82, 2.24) is 24.0 Å². The highest BCUT2D eigenvalue weighted by Gasteiger charge is 2.22. The van der Waals surface area contributed by atoms with Gasteiger partial charge in [0, 0.05) is 31.0 Å². The lowest BCUT2D eigenvalue weighted by atomic mass is 10.1. The number of nitrogens with zero attached hydrogens (tertiary/aromatic N) is 4. The normalized spacial score (nSPS) is 12.2. The van der Waals surface area contributed by atoms with Gasteiger partial charge in [-0.15, -0.1) is 0 Å². The minimum atomic E-state index is -0.468. The van der Waals surface area contributed by atoms with Crippen LogP contribution in [0.15, 0.2) is 65.7 Å². The fourth-order valence-electron chi connectivity index (χ4n) is 3.82. The van der Waals surface area contributed by atoms with E-state index in [-0.39, 0.29) is 18.1 Å². The summed E-state index contributed by atoms with van der Waals surface area (Å²) in [6, 6.07) is 14.4. The number of benzene rings is 2. The summed E-state index contributed by atoms with van der Waals surface area (Å²) in [4.78, 5) is 30.5. The van der Waals surface area contributed by atoms with Gasteiger partial charge in [-0.05, 0) is 36.2 Å². The van der Waals surface area contributed by atoms with Gasteiger partial charge in [-0.2, -0.15) is 0 Å². The molecule has 0 aliphatic rings. The van der Waals surface area contributed by atoms with Crippen LogP contribution in [0.4, 0.5) is 0 Å². The van der Waals surface area contributed by atoms with Gasteiger partial charge in [0.15, 0.2) is 0 Å². The molecule has 0 spiro atoms. The van der Waals surface area contributed by atoms with Gasteiger partial charge in [-0.3, -0.25) is 13.9 Å². The Labute approximate surface area is 184 Å². The molecule has 0 bridgehead atoms. The molecule has 0 aliphatic carbocycles. The molecule has 1 amide bonds. The molecule has 0 radical (unpaired) electrons. The highest BCUT2D eigenvalue weighted by Crippen LogP contribution is 2.22. The number of hydrogen-bond donors (Lipinski definition) is 1. The average Bonchev–Trinajstić information content (AvgIpc) is 3.30. The van der Waals surface area contributed by atoms with Crippen LogP contribution in [0.5, 0.6) is 0 Å². The van der Waals surface area contributed by atoms with E-state index in [1.165, 1.54) is 4.57 Å². The second kappa shape index (κ2) is 8.81. The van der Waals surface area contributed by atoms with Crippen molar-refractivity contribution in [3.8, 4) is 0 Å². The number of amides is 1. The minimum absolute atomic E-state index is 0.0788. The van der Waals surface area contributed by atoms with Gasteiger partial charge in [0.25, 0.3) is 0 Å². The van der Waals surface area contributed by atoms with Crippen LogP contribution in [0, 0.1) is 0 Å². The second-order valence-electron chi connectivity index (χ2n) is 7.46. The maximum atomic E-state index is 13.1. The molecule has 2 aromatic heterocycles. The van der Waals surface area contributed by atoms with Gasteiger partial charge in [0.1, 0.15) is 18.4 Å². The molecule has 0 fully saturated rings. The number of imidazole rings is 2. The summed E-state index contributed by atoms with van der Waals surface area (Å²) in [6.45, 7) is 2.55. The molecule has 2 heterocycles. The van der Waals surface area contributed by atoms with E-state index in [4.69, 9.17) is 11.6 Å². The fraction of sp³-hybridized carbons (Fsp3) is 0.261. The van der Waals surface area contributed by atoms with Crippen molar-refractivity contribution in [2.45, 2.75) is 32.5 Å². The van der Waals surface area contributed by atoms with E-state index in [9.17, 15) is 9.59 Å². The molecule has 4 rings (SSSR count). The number of fused-ring (bicyclic) bond motifs is 1. The van der Waals surface area contributed by atoms with Crippen molar-refractivity contribution in [3.05, 3.63) is 87.8 Å². The summed E-state index contributed by atoms with van der Waals surface area (Å²) in [7, 11) is 1.88. The zero-order chi connectivity index (χ0) is 22.0. The first-order valence-corrected chi connectivity index (χ1v) is 10.6. The summed E-state index contributed by atoms with van der Waals surface area (Å²) in [6.07, 6.45) is 4.35. The third kappa shape index (κ3) is 4.14. The molecule has 31 heavy (non-hydrogen) atoms. The summed E-state index contributed by atoms with van der Waals surface area (Å²) in [5, 5.41) is 3.66. The maximum absolute atomic E-state index is 13.1. The highest BCUT2D eigenvalue weighted by atomic mass is 35.5. The molecular weight excluding hydrogens is 414 g/mol. The predicted octanol–water partition coefficient (Wildman–Crippen LogP) is 3.51. The maximum Gasteiger partial charge on any atom is 0.329 e. The minimum Gasteiger partial charge on any atom is -0.341 e. The Balaban J connectivity index is 1.66. The van der Waals surface area contributed by atoms with Crippen LogP contribution in [0.25, 0.3) is 11.0 Å². The van der Waals surface area contributed by atoms with Crippen LogP contribution in [0.1, 0.15) is 30.8 Å². The molecule has 0 aliphatic heterocycles. The first kappa shape index (κ1) is 20.9. The van der Waals surface area contributed by atoms with E-state index in [1.807, 2.05) is 61.1 Å². The quantitative estimate of drug-likeness (QED) is 0.481. The summed E-state index contributed by atoms with van der Waals surface area (Å²) < 4.78 is 5.11. The molecule has 0 unspecified atom stereocenters. The van der Waals surface area contributed by atoms with E-state index >= 15 is 0 Å². The van der Waals surface area contributed by atoms with Crippen molar-refractivity contribution < 1.29 is 4.79 Å². The van der Waals surface area contributed by atoms with Gasteiger partial charge < -0.3 is 9.88 Å². The molecule has 0 saturated heterocycles. The number of halogens is 1.